The van der Waals surface area contributed by atoms with Crippen LogP contribution in [-0.4, -0.2) is 12.5 Å². The van der Waals surface area contributed by atoms with E-state index < -0.39 is 5.82 Å². The first-order valence-electron chi connectivity index (χ1n) is 6.51. The summed E-state index contributed by atoms with van der Waals surface area (Å²) in [5, 5.41) is 3.16. The van der Waals surface area contributed by atoms with Gasteiger partial charge in [0.15, 0.2) is 6.61 Å². The molecule has 0 atom stereocenters. The zero-order valence-electron chi connectivity index (χ0n) is 12.0. The molecule has 1 N–H and O–H groups in total. The Kier molecular flexibility index (Phi) is 5.27. The number of halogens is 3. The van der Waals surface area contributed by atoms with E-state index in [1.54, 1.807) is 12.1 Å². The number of benzene rings is 2. The summed E-state index contributed by atoms with van der Waals surface area (Å²) in [6.07, 6.45) is 0. The smallest absolute Gasteiger partial charge is 0.262 e. The molecule has 0 bridgehead atoms. The van der Waals surface area contributed by atoms with Crippen LogP contribution in [0.5, 0.6) is 5.75 Å². The van der Waals surface area contributed by atoms with Gasteiger partial charge in [-0.05, 0) is 55.3 Å². The van der Waals surface area contributed by atoms with Gasteiger partial charge in [0.2, 0.25) is 0 Å². The zero-order chi connectivity index (χ0) is 16.3. The van der Waals surface area contributed by atoms with E-state index in [4.69, 9.17) is 27.9 Å². The van der Waals surface area contributed by atoms with Gasteiger partial charge in [0.25, 0.3) is 5.91 Å². The minimum Gasteiger partial charge on any atom is -0.483 e. The Morgan fingerprint density at radius 2 is 1.82 bits per heavy atom. The van der Waals surface area contributed by atoms with Gasteiger partial charge in [-0.2, -0.15) is 0 Å². The molecule has 0 aromatic heterocycles. The van der Waals surface area contributed by atoms with Crippen LogP contribution in [0.3, 0.4) is 0 Å². The third kappa shape index (κ3) is 4.12. The summed E-state index contributed by atoms with van der Waals surface area (Å²) < 4.78 is 18.6. The number of nitrogens with one attached hydrogen (secondary N) is 1. The van der Waals surface area contributed by atoms with Crippen molar-refractivity contribution in [2.45, 2.75) is 13.8 Å². The minimum atomic E-state index is -0.539. The molecule has 22 heavy (non-hydrogen) atoms. The number of anilines is 1. The van der Waals surface area contributed by atoms with E-state index in [-0.39, 0.29) is 17.5 Å². The summed E-state index contributed by atoms with van der Waals surface area (Å²) >= 11 is 11.6. The molecule has 0 saturated carbocycles. The first-order valence-corrected chi connectivity index (χ1v) is 7.27. The lowest BCUT2D eigenvalue weighted by Crippen LogP contribution is -2.20. The van der Waals surface area contributed by atoms with Gasteiger partial charge in [0.05, 0.1) is 5.02 Å². The second kappa shape index (κ2) is 6.99. The number of carbonyl (C=O) groups is 1. The van der Waals surface area contributed by atoms with Gasteiger partial charge in [-0.3, -0.25) is 4.79 Å². The SMILES string of the molecule is Cc1cc(Cl)cc(C)c1OCC(=O)Nc1ccc(F)c(Cl)c1. The van der Waals surface area contributed by atoms with Gasteiger partial charge in [-0.15, -0.1) is 0 Å². The van der Waals surface area contributed by atoms with E-state index in [1.807, 2.05) is 13.8 Å². The third-order valence-electron chi connectivity index (χ3n) is 2.98. The number of hydrogen-bond acceptors (Lipinski definition) is 2. The summed E-state index contributed by atoms with van der Waals surface area (Å²) in [6.45, 7) is 3.54. The van der Waals surface area contributed by atoms with Crippen molar-refractivity contribution in [1.82, 2.24) is 0 Å². The maximum atomic E-state index is 13.0. The molecule has 2 aromatic carbocycles. The van der Waals surface area contributed by atoms with Crippen molar-refractivity contribution in [3.05, 3.63) is 57.3 Å². The van der Waals surface area contributed by atoms with Crippen molar-refractivity contribution < 1.29 is 13.9 Å². The molecule has 116 valence electrons. The summed E-state index contributed by atoms with van der Waals surface area (Å²) in [5.74, 6) is -0.281. The van der Waals surface area contributed by atoms with Crippen LogP contribution in [0.1, 0.15) is 11.1 Å². The van der Waals surface area contributed by atoms with Crippen molar-refractivity contribution in [2.24, 2.45) is 0 Å². The molecule has 0 spiro atoms. The number of rotatable bonds is 4. The first-order chi connectivity index (χ1) is 10.4. The summed E-state index contributed by atoms with van der Waals surface area (Å²) in [4.78, 5) is 11.9. The molecule has 0 unspecified atom stereocenters. The number of aryl methyl sites for hydroxylation is 2. The molecule has 0 saturated heterocycles. The molecule has 0 aliphatic rings. The summed E-state index contributed by atoms with van der Waals surface area (Å²) in [5.41, 5.74) is 2.11. The molecule has 2 rings (SSSR count). The lowest BCUT2D eigenvalue weighted by atomic mass is 10.1. The Bertz CT molecular complexity index is 696. The predicted molar refractivity (Wildman–Crippen MR) is 86.5 cm³/mol. The Labute approximate surface area is 138 Å². The van der Waals surface area contributed by atoms with Crippen molar-refractivity contribution in [2.75, 3.05) is 11.9 Å². The maximum Gasteiger partial charge on any atom is 0.262 e. The van der Waals surface area contributed by atoms with Gasteiger partial charge in [0, 0.05) is 10.7 Å². The molecule has 0 fully saturated rings. The Morgan fingerprint density at radius 3 is 2.41 bits per heavy atom. The second-order valence-electron chi connectivity index (χ2n) is 4.83. The molecule has 6 heteroatoms. The van der Waals surface area contributed by atoms with Gasteiger partial charge >= 0.3 is 0 Å². The Hall–Kier alpha value is -1.78. The van der Waals surface area contributed by atoms with Crippen molar-refractivity contribution in [3.8, 4) is 5.75 Å². The lowest BCUT2D eigenvalue weighted by molar-refractivity contribution is -0.118. The molecular formula is C16H14Cl2FNO2. The fraction of sp³-hybridized carbons (Fsp3) is 0.188. The zero-order valence-corrected chi connectivity index (χ0v) is 13.6. The average molecular weight is 342 g/mol. The molecule has 1 amide bonds. The lowest BCUT2D eigenvalue weighted by Gasteiger charge is -2.12. The quantitative estimate of drug-likeness (QED) is 0.869. The van der Waals surface area contributed by atoms with E-state index in [2.05, 4.69) is 5.32 Å². The van der Waals surface area contributed by atoms with E-state index in [0.29, 0.717) is 16.5 Å². The van der Waals surface area contributed by atoms with Crippen LogP contribution in [0.4, 0.5) is 10.1 Å². The monoisotopic (exact) mass is 341 g/mol. The van der Waals surface area contributed by atoms with Gasteiger partial charge in [-0.1, -0.05) is 23.2 Å². The highest BCUT2D eigenvalue weighted by Gasteiger charge is 2.10. The number of amides is 1. The summed E-state index contributed by atoms with van der Waals surface area (Å²) in [6, 6.07) is 7.49. The highest BCUT2D eigenvalue weighted by Crippen LogP contribution is 2.27. The van der Waals surface area contributed by atoms with E-state index in [9.17, 15) is 9.18 Å². The van der Waals surface area contributed by atoms with Gasteiger partial charge in [-0.25, -0.2) is 4.39 Å². The van der Waals surface area contributed by atoms with Crippen LogP contribution in [-0.2, 0) is 4.79 Å². The van der Waals surface area contributed by atoms with E-state index >= 15 is 0 Å². The molecular weight excluding hydrogens is 328 g/mol. The molecule has 3 nitrogen and oxygen atoms in total. The number of carbonyl (C=O) groups excluding carboxylic acids is 1. The predicted octanol–water partition coefficient (Wildman–Crippen LogP) is 4.77. The van der Waals surface area contributed by atoms with Crippen LogP contribution >= 0.6 is 23.2 Å². The standard InChI is InChI=1S/C16H14Cl2FNO2/c1-9-5-11(17)6-10(2)16(9)22-8-15(21)20-12-3-4-14(19)13(18)7-12/h3-7H,8H2,1-2H3,(H,20,21). The van der Waals surface area contributed by atoms with E-state index in [0.717, 1.165) is 11.1 Å². The largest absolute Gasteiger partial charge is 0.483 e. The summed E-state index contributed by atoms with van der Waals surface area (Å²) in [7, 11) is 0. The van der Waals surface area contributed by atoms with Crippen LogP contribution in [0.15, 0.2) is 30.3 Å². The normalized spacial score (nSPS) is 10.4. The fourth-order valence-corrected chi connectivity index (χ4v) is 2.54. The molecule has 0 heterocycles. The number of hydrogen-bond donors (Lipinski definition) is 1. The Balaban J connectivity index is 2.00. The molecule has 0 aliphatic heterocycles. The average Bonchev–Trinajstić information content (AvgIpc) is 2.41. The maximum absolute atomic E-state index is 13.0. The van der Waals surface area contributed by atoms with Crippen molar-refractivity contribution in [3.63, 3.8) is 0 Å². The van der Waals surface area contributed by atoms with Gasteiger partial charge < -0.3 is 10.1 Å². The molecule has 0 radical (unpaired) electrons. The Morgan fingerprint density at radius 1 is 1.18 bits per heavy atom. The first kappa shape index (κ1) is 16.6. The van der Waals surface area contributed by atoms with E-state index in [1.165, 1.54) is 18.2 Å². The second-order valence-corrected chi connectivity index (χ2v) is 5.68. The third-order valence-corrected chi connectivity index (χ3v) is 3.48. The fourth-order valence-electron chi connectivity index (χ4n) is 2.03. The highest BCUT2D eigenvalue weighted by molar-refractivity contribution is 6.31. The van der Waals surface area contributed by atoms with Gasteiger partial charge in [0.1, 0.15) is 11.6 Å². The molecule has 0 aliphatic carbocycles. The highest BCUT2D eigenvalue weighted by atomic mass is 35.5. The van der Waals surface area contributed by atoms with Crippen LogP contribution in [0, 0.1) is 19.7 Å². The van der Waals surface area contributed by atoms with Crippen molar-refractivity contribution >= 4 is 34.8 Å². The molecule has 2 aromatic rings. The minimum absolute atomic E-state index is 0.0527. The topological polar surface area (TPSA) is 38.3 Å². The van der Waals surface area contributed by atoms with Crippen LogP contribution < -0.4 is 10.1 Å². The van der Waals surface area contributed by atoms with Crippen molar-refractivity contribution in [1.29, 1.82) is 0 Å². The van der Waals surface area contributed by atoms with Crippen LogP contribution in [0.2, 0.25) is 10.0 Å². The number of ether oxygens (including phenoxy) is 1. The van der Waals surface area contributed by atoms with Crippen LogP contribution in [0.25, 0.3) is 0 Å².